The summed E-state index contributed by atoms with van der Waals surface area (Å²) in [4.78, 5) is 24.0. The molecule has 0 aliphatic carbocycles. The van der Waals surface area contributed by atoms with Crippen LogP contribution in [-0.2, 0) is 23.7 Å². The number of carbonyl (C=O) groups is 2. The maximum absolute atomic E-state index is 12.2. The highest BCUT2D eigenvalue weighted by molar-refractivity contribution is 5.90. The Labute approximate surface area is 138 Å². The molecule has 3 rings (SSSR count). The highest BCUT2D eigenvalue weighted by Gasteiger charge is 2.63. The molecule has 8 heteroatoms. The van der Waals surface area contributed by atoms with Gasteiger partial charge in [0.1, 0.15) is 13.2 Å². The SMILES string of the molecule is COc1cc(C(=O)OC[C@@]23COC(=O)[C@@H]2OC(C)(C)O3)ccc1O. The molecule has 2 aliphatic heterocycles. The van der Waals surface area contributed by atoms with Crippen molar-refractivity contribution in [1.82, 2.24) is 0 Å². The second-order valence-electron chi connectivity index (χ2n) is 6.14. The fourth-order valence-electron chi connectivity index (χ4n) is 2.82. The number of hydrogen-bond acceptors (Lipinski definition) is 8. The summed E-state index contributed by atoms with van der Waals surface area (Å²) in [5.74, 6) is -2.09. The van der Waals surface area contributed by atoms with Crippen LogP contribution in [0.2, 0.25) is 0 Å². The molecule has 2 aliphatic rings. The maximum Gasteiger partial charge on any atom is 0.338 e. The number of rotatable bonds is 4. The first-order valence-electron chi connectivity index (χ1n) is 7.35. The average molecular weight is 338 g/mol. The van der Waals surface area contributed by atoms with Gasteiger partial charge in [0, 0.05) is 0 Å². The zero-order valence-corrected chi connectivity index (χ0v) is 13.5. The molecule has 0 aromatic heterocycles. The first-order valence-corrected chi connectivity index (χ1v) is 7.35. The van der Waals surface area contributed by atoms with Crippen molar-refractivity contribution >= 4 is 11.9 Å². The van der Waals surface area contributed by atoms with Crippen LogP contribution in [0.4, 0.5) is 0 Å². The molecular formula is C16H18O8. The maximum atomic E-state index is 12.2. The summed E-state index contributed by atoms with van der Waals surface area (Å²) in [5, 5.41) is 9.56. The molecule has 1 aromatic carbocycles. The van der Waals surface area contributed by atoms with Crippen molar-refractivity contribution in [2.45, 2.75) is 31.3 Å². The first-order chi connectivity index (χ1) is 11.3. The lowest BCUT2D eigenvalue weighted by molar-refractivity contribution is -0.193. The van der Waals surface area contributed by atoms with E-state index in [-0.39, 0.29) is 30.3 Å². The topological polar surface area (TPSA) is 101 Å². The Hall–Kier alpha value is -2.32. The molecule has 0 radical (unpaired) electrons. The van der Waals surface area contributed by atoms with Crippen molar-refractivity contribution in [3.8, 4) is 11.5 Å². The standard InChI is InChI=1S/C16H18O8/c1-15(2)23-12-14(19)22-8-16(12,24-15)7-21-13(18)9-4-5-10(17)11(6-9)20-3/h4-6,12,17H,7-8H2,1-3H3/t12-,16+/m0/s1. The van der Waals surface area contributed by atoms with Crippen molar-refractivity contribution in [3.63, 3.8) is 0 Å². The number of ether oxygens (including phenoxy) is 5. The van der Waals surface area contributed by atoms with Crippen molar-refractivity contribution in [1.29, 1.82) is 0 Å². The van der Waals surface area contributed by atoms with E-state index in [2.05, 4.69) is 0 Å². The summed E-state index contributed by atoms with van der Waals surface area (Å²) in [7, 11) is 1.38. The molecule has 2 fully saturated rings. The van der Waals surface area contributed by atoms with Gasteiger partial charge in [-0.15, -0.1) is 0 Å². The molecule has 2 heterocycles. The zero-order valence-electron chi connectivity index (χ0n) is 13.5. The zero-order chi connectivity index (χ0) is 17.5. The van der Waals surface area contributed by atoms with E-state index in [0.29, 0.717) is 0 Å². The summed E-state index contributed by atoms with van der Waals surface area (Å²) in [6.45, 7) is 3.10. The molecule has 1 N–H and O–H groups in total. The Morgan fingerprint density at radius 2 is 2.17 bits per heavy atom. The highest BCUT2D eigenvalue weighted by Crippen LogP contribution is 2.41. The molecule has 2 atom stereocenters. The summed E-state index contributed by atoms with van der Waals surface area (Å²) in [5.41, 5.74) is -0.960. The predicted molar refractivity (Wildman–Crippen MR) is 78.7 cm³/mol. The minimum Gasteiger partial charge on any atom is -0.504 e. The number of phenolic OH excluding ortho intramolecular Hbond substituents is 1. The lowest BCUT2D eigenvalue weighted by Crippen LogP contribution is -2.45. The second kappa shape index (κ2) is 5.64. The minimum atomic E-state index is -1.16. The minimum absolute atomic E-state index is 0.0495. The number of hydrogen-bond donors (Lipinski definition) is 1. The average Bonchev–Trinajstić information content (AvgIpc) is 2.97. The van der Waals surface area contributed by atoms with E-state index >= 15 is 0 Å². The van der Waals surface area contributed by atoms with Crippen LogP contribution in [-0.4, -0.2) is 54.9 Å². The molecule has 24 heavy (non-hydrogen) atoms. The first kappa shape index (κ1) is 16.5. The van der Waals surface area contributed by atoms with E-state index in [1.165, 1.54) is 25.3 Å². The van der Waals surface area contributed by atoms with Crippen LogP contribution in [0.25, 0.3) is 0 Å². The van der Waals surface area contributed by atoms with Gasteiger partial charge in [0.25, 0.3) is 0 Å². The molecule has 0 spiro atoms. The van der Waals surface area contributed by atoms with E-state index in [4.69, 9.17) is 23.7 Å². The number of esters is 2. The Bertz CT molecular complexity index is 683. The molecule has 0 saturated carbocycles. The van der Waals surface area contributed by atoms with E-state index in [9.17, 15) is 14.7 Å². The van der Waals surface area contributed by atoms with Crippen molar-refractivity contribution < 1.29 is 38.4 Å². The van der Waals surface area contributed by atoms with Crippen LogP contribution in [0.1, 0.15) is 24.2 Å². The number of benzene rings is 1. The third kappa shape index (κ3) is 2.78. The summed E-state index contributed by atoms with van der Waals surface area (Å²) in [6, 6.07) is 4.09. The predicted octanol–water partition coefficient (Wildman–Crippen LogP) is 1.00. The second-order valence-corrected chi connectivity index (χ2v) is 6.14. The van der Waals surface area contributed by atoms with Gasteiger partial charge < -0.3 is 28.8 Å². The van der Waals surface area contributed by atoms with Crippen LogP contribution in [0.5, 0.6) is 11.5 Å². The number of carbonyl (C=O) groups excluding carboxylic acids is 2. The summed E-state index contributed by atoms with van der Waals surface area (Å²) < 4.78 is 26.5. The third-order valence-corrected chi connectivity index (χ3v) is 3.86. The van der Waals surface area contributed by atoms with Gasteiger partial charge in [-0.1, -0.05) is 0 Å². The van der Waals surface area contributed by atoms with Crippen LogP contribution in [0, 0.1) is 0 Å². The van der Waals surface area contributed by atoms with Gasteiger partial charge in [0.05, 0.1) is 12.7 Å². The number of cyclic esters (lactones) is 1. The summed E-state index contributed by atoms with van der Waals surface area (Å²) >= 11 is 0. The van der Waals surface area contributed by atoms with E-state index in [1.807, 2.05) is 0 Å². The molecular weight excluding hydrogens is 320 g/mol. The van der Waals surface area contributed by atoms with Gasteiger partial charge in [-0.2, -0.15) is 0 Å². The van der Waals surface area contributed by atoms with E-state index in [1.54, 1.807) is 13.8 Å². The molecule has 2 saturated heterocycles. The smallest absolute Gasteiger partial charge is 0.338 e. The van der Waals surface area contributed by atoms with Crippen molar-refractivity contribution in [3.05, 3.63) is 23.8 Å². The number of fused-ring (bicyclic) bond motifs is 1. The number of phenols is 1. The van der Waals surface area contributed by atoms with E-state index < -0.39 is 29.4 Å². The van der Waals surface area contributed by atoms with Gasteiger partial charge >= 0.3 is 11.9 Å². The molecule has 0 amide bonds. The number of aromatic hydroxyl groups is 1. The fraction of sp³-hybridized carbons (Fsp3) is 0.500. The molecule has 0 bridgehead atoms. The van der Waals surface area contributed by atoms with Crippen molar-refractivity contribution in [2.75, 3.05) is 20.3 Å². The molecule has 130 valence electrons. The monoisotopic (exact) mass is 338 g/mol. The van der Waals surface area contributed by atoms with Gasteiger partial charge in [-0.05, 0) is 32.0 Å². The van der Waals surface area contributed by atoms with Crippen LogP contribution < -0.4 is 4.74 Å². The third-order valence-electron chi connectivity index (χ3n) is 3.86. The Morgan fingerprint density at radius 3 is 2.88 bits per heavy atom. The van der Waals surface area contributed by atoms with Crippen LogP contribution >= 0.6 is 0 Å². The largest absolute Gasteiger partial charge is 0.504 e. The van der Waals surface area contributed by atoms with E-state index in [0.717, 1.165) is 0 Å². The Morgan fingerprint density at radius 1 is 1.42 bits per heavy atom. The quantitative estimate of drug-likeness (QED) is 0.812. The lowest BCUT2D eigenvalue weighted by Gasteiger charge is -2.25. The normalized spacial score (nSPS) is 27.5. The van der Waals surface area contributed by atoms with Crippen LogP contribution in [0.3, 0.4) is 0 Å². The highest BCUT2D eigenvalue weighted by atomic mass is 16.8. The van der Waals surface area contributed by atoms with Crippen LogP contribution in [0.15, 0.2) is 18.2 Å². The lowest BCUT2D eigenvalue weighted by atomic mass is 10.0. The number of methoxy groups -OCH3 is 1. The summed E-state index contributed by atoms with van der Waals surface area (Å²) in [6.07, 6.45) is -0.936. The molecule has 8 nitrogen and oxygen atoms in total. The van der Waals surface area contributed by atoms with Gasteiger partial charge in [-0.3, -0.25) is 0 Å². The van der Waals surface area contributed by atoms with Gasteiger partial charge in [0.15, 0.2) is 29.0 Å². The fourth-order valence-corrected chi connectivity index (χ4v) is 2.82. The van der Waals surface area contributed by atoms with Gasteiger partial charge in [-0.25, -0.2) is 9.59 Å². The molecule has 1 aromatic rings. The van der Waals surface area contributed by atoms with Gasteiger partial charge in [0.2, 0.25) is 0 Å². The Balaban J connectivity index is 1.73. The molecule has 0 unspecified atom stereocenters. The Kier molecular flexibility index (Phi) is 3.89. The van der Waals surface area contributed by atoms with Crippen molar-refractivity contribution in [2.24, 2.45) is 0 Å².